The zero-order valence-corrected chi connectivity index (χ0v) is 37.9. The summed E-state index contributed by atoms with van der Waals surface area (Å²) in [7, 11) is 0. The molecule has 7 fully saturated rings. The normalized spacial score (nSPS) is 41.9. The first-order chi connectivity index (χ1) is 27.1. The number of rotatable bonds is 14. The molecule has 1 amide bonds. The Kier molecular flexibility index (Phi) is 11.9. The molecule has 10 atom stereocenters. The van der Waals surface area contributed by atoms with Crippen molar-refractivity contribution >= 4 is 11.9 Å². The van der Waals surface area contributed by atoms with Crippen LogP contribution in [0.2, 0.25) is 0 Å². The molecule has 322 valence electrons. The number of carbonyl (C=O) groups is 2. The zero-order valence-electron chi connectivity index (χ0n) is 37.9. The van der Waals surface area contributed by atoms with E-state index in [0.717, 1.165) is 76.3 Å². The van der Waals surface area contributed by atoms with Crippen LogP contribution in [0.3, 0.4) is 0 Å². The molecular weight excluding hydrogens is 705 g/mol. The Labute approximate surface area is 348 Å². The van der Waals surface area contributed by atoms with Crippen LogP contribution in [0.1, 0.15) is 152 Å². The number of esters is 1. The Morgan fingerprint density at radius 2 is 1.44 bits per heavy atom. The van der Waals surface area contributed by atoms with Gasteiger partial charge in [0.1, 0.15) is 6.10 Å². The number of nitrogens with zero attached hydrogens (tertiary/aromatic N) is 3. The van der Waals surface area contributed by atoms with Gasteiger partial charge in [-0.1, -0.05) is 60.1 Å². The molecule has 0 radical (unpaired) electrons. The van der Waals surface area contributed by atoms with E-state index in [2.05, 4.69) is 74.6 Å². The average Bonchev–Trinajstić information content (AvgIpc) is 4.12. The van der Waals surface area contributed by atoms with E-state index < -0.39 is 0 Å². The molecule has 8 aliphatic rings. The lowest BCUT2D eigenvalue weighted by Crippen LogP contribution is -2.66. The van der Waals surface area contributed by atoms with Gasteiger partial charge in [0.05, 0.1) is 5.41 Å². The predicted octanol–water partition coefficient (Wildman–Crippen LogP) is 9.21. The fourth-order valence-electron chi connectivity index (χ4n) is 15.3. The van der Waals surface area contributed by atoms with Gasteiger partial charge in [-0.25, -0.2) is 0 Å². The number of ether oxygens (including phenoxy) is 1. The molecule has 1 saturated heterocycles. The van der Waals surface area contributed by atoms with E-state index in [0.29, 0.717) is 35.5 Å². The summed E-state index contributed by atoms with van der Waals surface area (Å²) in [6.45, 7) is 31.1. The second-order valence-corrected chi connectivity index (χ2v) is 23.1. The van der Waals surface area contributed by atoms with Crippen LogP contribution < -0.4 is 5.32 Å². The number of nitrogens with one attached hydrogen (secondary N) is 1. The third kappa shape index (κ3) is 7.85. The standard InChI is InChI=1S/C50H84N4O3/c1-35-17-22-50(45(56)51-25-9-26-52-29-31-53(32-30-52)27-10-28-54(33-38-11-12-38)34-39-13-14-39)24-23-48(7)40(44(50)36(35)2)15-16-42-47(6)20-19-43(57-37(3)55)46(4,5)41(47)18-21-49(42,48)8/h15,35-36,38-39,41-44H,9-14,16-34H2,1-8H3,(H,51,56)/t35-,36+,41+,42-,43+,44+,47+,48-,49-,50+/m1/s1. The molecule has 1 N–H and O–H groups in total. The van der Waals surface area contributed by atoms with Crippen molar-refractivity contribution in [2.75, 3.05) is 65.4 Å². The smallest absolute Gasteiger partial charge is 0.302 e. The van der Waals surface area contributed by atoms with Crippen LogP contribution in [0, 0.1) is 68.5 Å². The minimum Gasteiger partial charge on any atom is -0.462 e. The molecule has 0 aromatic rings. The van der Waals surface area contributed by atoms with E-state index in [1.54, 1.807) is 12.5 Å². The minimum absolute atomic E-state index is 0.00942. The van der Waals surface area contributed by atoms with Crippen LogP contribution in [0.25, 0.3) is 0 Å². The first kappa shape index (κ1) is 42.3. The van der Waals surface area contributed by atoms with E-state index in [4.69, 9.17) is 4.74 Å². The third-order valence-corrected chi connectivity index (χ3v) is 19.5. The molecule has 1 aliphatic heterocycles. The van der Waals surface area contributed by atoms with Gasteiger partial charge in [0.25, 0.3) is 0 Å². The Morgan fingerprint density at radius 3 is 2.07 bits per heavy atom. The van der Waals surface area contributed by atoms with Crippen LogP contribution in [-0.2, 0) is 14.3 Å². The van der Waals surface area contributed by atoms with Crippen LogP contribution in [0.5, 0.6) is 0 Å². The van der Waals surface area contributed by atoms with Gasteiger partial charge >= 0.3 is 5.97 Å². The minimum atomic E-state index is -0.274. The van der Waals surface area contributed by atoms with Gasteiger partial charge in [-0.05, 0) is 174 Å². The van der Waals surface area contributed by atoms with E-state index >= 15 is 0 Å². The summed E-state index contributed by atoms with van der Waals surface area (Å²) >= 11 is 0. The lowest BCUT2D eigenvalue weighted by atomic mass is 9.33. The highest BCUT2D eigenvalue weighted by atomic mass is 16.5. The summed E-state index contributed by atoms with van der Waals surface area (Å²) in [4.78, 5) is 35.0. The number of allylic oxidation sites excluding steroid dienone is 2. The Bertz CT molecular complexity index is 1480. The van der Waals surface area contributed by atoms with Crippen molar-refractivity contribution in [3.05, 3.63) is 11.6 Å². The average molecular weight is 789 g/mol. The van der Waals surface area contributed by atoms with Gasteiger partial charge in [-0.3, -0.25) is 9.59 Å². The van der Waals surface area contributed by atoms with Crippen molar-refractivity contribution in [1.29, 1.82) is 0 Å². The van der Waals surface area contributed by atoms with E-state index in [9.17, 15) is 9.59 Å². The van der Waals surface area contributed by atoms with Crippen LogP contribution in [-0.4, -0.2) is 98.1 Å². The largest absolute Gasteiger partial charge is 0.462 e. The maximum Gasteiger partial charge on any atom is 0.302 e. The number of fused-ring (bicyclic) bond motifs is 7. The van der Waals surface area contributed by atoms with E-state index in [1.165, 1.54) is 97.3 Å². The van der Waals surface area contributed by atoms with Crippen LogP contribution in [0.4, 0.5) is 0 Å². The maximum atomic E-state index is 14.7. The molecule has 57 heavy (non-hydrogen) atoms. The molecule has 6 saturated carbocycles. The van der Waals surface area contributed by atoms with Crippen molar-refractivity contribution < 1.29 is 14.3 Å². The van der Waals surface area contributed by atoms with Crippen LogP contribution >= 0.6 is 0 Å². The van der Waals surface area contributed by atoms with Crippen molar-refractivity contribution in [2.24, 2.45) is 68.5 Å². The highest BCUT2D eigenvalue weighted by molar-refractivity contribution is 5.84. The summed E-state index contributed by atoms with van der Waals surface area (Å²) in [5.41, 5.74) is 1.88. The lowest BCUT2D eigenvalue weighted by molar-refractivity contribution is -0.212. The first-order valence-corrected chi connectivity index (χ1v) is 24.4. The highest BCUT2D eigenvalue weighted by Gasteiger charge is 2.69. The van der Waals surface area contributed by atoms with Crippen molar-refractivity contribution in [2.45, 2.75) is 158 Å². The van der Waals surface area contributed by atoms with E-state index in [-0.39, 0.29) is 39.1 Å². The van der Waals surface area contributed by atoms with Gasteiger partial charge in [0.2, 0.25) is 5.91 Å². The maximum absolute atomic E-state index is 14.7. The second-order valence-electron chi connectivity index (χ2n) is 23.1. The molecule has 0 aromatic carbocycles. The lowest BCUT2D eigenvalue weighted by Gasteiger charge is -2.71. The number of hydrogen-bond acceptors (Lipinski definition) is 6. The summed E-state index contributed by atoms with van der Waals surface area (Å²) in [6.07, 6.45) is 21.0. The predicted molar refractivity (Wildman–Crippen MR) is 232 cm³/mol. The first-order valence-electron chi connectivity index (χ1n) is 24.4. The molecule has 7 heteroatoms. The quantitative estimate of drug-likeness (QED) is 0.108. The molecule has 7 nitrogen and oxygen atoms in total. The molecule has 0 bridgehead atoms. The fourth-order valence-corrected chi connectivity index (χ4v) is 15.3. The number of amides is 1. The SMILES string of the molecule is CC(=O)O[C@H]1CC[C@]2(C)[C@H]3CC=C4[C@@H]5[C@@H](C)[C@H](C)CC[C@]5(C(=O)NCCCN5CCN(CCCN(CC6CC6)CC6CC6)CC5)CC[C@@]4(C)[C@]3(C)CC[C@H]2C1(C)C. The molecule has 0 aromatic heterocycles. The number of piperazine rings is 1. The van der Waals surface area contributed by atoms with Crippen molar-refractivity contribution in [3.63, 3.8) is 0 Å². The van der Waals surface area contributed by atoms with Gasteiger partial charge in [0.15, 0.2) is 0 Å². The fraction of sp³-hybridized carbons (Fsp3) is 0.920. The summed E-state index contributed by atoms with van der Waals surface area (Å²) in [5.74, 6) is 4.87. The number of hydrogen-bond donors (Lipinski definition) is 1. The Hall–Kier alpha value is -1.44. The van der Waals surface area contributed by atoms with Gasteiger partial charge in [0, 0.05) is 58.2 Å². The monoisotopic (exact) mass is 789 g/mol. The van der Waals surface area contributed by atoms with Crippen molar-refractivity contribution in [3.8, 4) is 0 Å². The molecule has 7 aliphatic carbocycles. The zero-order chi connectivity index (χ0) is 40.4. The van der Waals surface area contributed by atoms with Crippen LogP contribution in [0.15, 0.2) is 11.6 Å². The third-order valence-electron chi connectivity index (χ3n) is 19.5. The number of carbonyl (C=O) groups excluding carboxylic acids is 2. The Balaban J connectivity index is 0.870. The molecule has 8 rings (SSSR count). The summed E-state index contributed by atoms with van der Waals surface area (Å²) < 4.78 is 5.99. The van der Waals surface area contributed by atoms with Crippen molar-refractivity contribution in [1.82, 2.24) is 20.0 Å². The van der Waals surface area contributed by atoms with Gasteiger partial charge in [-0.2, -0.15) is 0 Å². The highest BCUT2D eigenvalue weighted by Crippen LogP contribution is 2.76. The topological polar surface area (TPSA) is 65.1 Å². The Morgan fingerprint density at radius 1 is 0.789 bits per heavy atom. The molecule has 0 spiro atoms. The summed E-state index contributed by atoms with van der Waals surface area (Å²) in [5, 5.41) is 3.60. The molecule has 0 unspecified atom stereocenters. The summed E-state index contributed by atoms with van der Waals surface area (Å²) in [6, 6.07) is 0. The second kappa shape index (κ2) is 16.1. The van der Waals surface area contributed by atoms with E-state index in [1.807, 2.05) is 0 Å². The van der Waals surface area contributed by atoms with Gasteiger partial charge in [-0.15, -0.1) is 0 Å². The molecule has 1 heterocycles. The molecular formula is C50H84N4O3. The van der Waals surface area contributed by atoms with Gasteiger partial charge < -0.3 is 24.8 Å².